The minimum absolute atomic E-state index is 0. The molecule has 2 amide bonds. The van der Waals surface area contributed by atoms with Crippen LogP contribution in [0.3, 0.4) is 0 Å². The van der Waals surface area contributed by atoms with Gasteiger partial charge in [-0.15, -0.1) is 0 Å². The van der Waals surface area contributed by atoms with Crippen LogP contribution in [0.2, 0.25) is 0 Å². The second-order valence-electron chi connectivity index (χ2n) is 8.88. The highest BCUT2D eigenvalue weighted by atomic mass is 35.5. The molecule has 1 heterocycles. The van der Waals surface area contributed by atoms with Crippen molar-refractivity contribution in [2.24, 2.45) is 0 Å². The minimum Gasteiger partial charge on any atom is -1.00 e. The summed E-state index contributed by atoms with van der Waals surface area (Å²) in [7, 11) is 4.18. The van der Waals surface area contributed by atoms with Crippen molar-refractivity contribution in [1.29, 1.82) is 0 Å². The fourth-order valence-corrected chi connectivity index (χ4v) is 4.10. The Balaban J connectivity index is 0.00000450. The van der Waals surface area contributed by atoms with Gasteiger partial charge < -0.3 is 17.7 Å². The summed E-state index contributed by atoms with van der Waals surface area (Å²) in [5.41, 5.74) is 1.89. The Labute approximate surface area is 189 Å². The molecular weight excluding hydrogens is 398 g/mol. The number of hydrogen-bond donors (Lipinski definition) is 1. The Morgan fingerprint density at radius 2 is 1.67 bits per heavy atom. The quantitative estimate of drug-likeness (QED) is 0.380. The molecule has 0 atom stereocenters. The molecule has 1 fully saturated rings. The topological polar surface area (TPSA) is 49.4 Å². The van der Waals surface area contributed by atoms with Gasteiger partial charge in [-0.2, -0.15) is 0 Å². The molecule has 0 aliphatic carbocycles. The Kier molecular flexibility index (Phi) is 12.0. The zero-order chi connectivity index (χ0) is 21.1. The molecule has 30 heavy (non-hydrogen) atoms. The number of nitrogens with zero attached hydrogens (tertiary/aromatic N) is 2. The van der Waals surface area contributed by atoms with Crippen molar-refractivity contribution in [1.82, 2.24) is 9.38 Å². The first-order valence-electron chi connectivity index (χ1n) is 11.4. The maximum absolute atomic E-state index is 12.5. The van der Waals surface area contributed by atoms with Crippen molar-refractivity contribution >= 4 is 23.2 Å². The van der Waals surface area contributed by atoms with Crippen LogP contribution >= 0.6 is 0 Å². The Morgan fingerprint density at radius 1 is 1.03 bits per heavy atom. The summed E-state index contributed by atoms with van der Waals surface area (Å²) >= 11 is 0. The van der Waals surface area contributed by atoms with E-state index in [1.807, 2.05) is 29.2 Å². The molecule has 0 bridgehead atoms. The maximum Gasteiger partial charge on any atom is 0.226 e. The Hall–Kier alpha value is -1.59. The second-order valence-corrected chi connectivity index (χ2v) is 8.88. The van der Waals surface area contributed by atoms with Crippen LogP contribution in [-0.2, 0) is 9.59 Å². The fraction of sp³-hybridized carbons (Fsp3) is 0.667. The van der Waals surface area contributed by atoms with Crippen molar-refractivity contribution in [3.8, 4) is 0 Å². The van der Waals surface area contributed by atoms with Gasteiger partial charge in [0.2, 0.25) is 11.8 Å². The number of unbranched alkanes of at least 4 members (excludes halogenated alkanes) is 7. The number of carbonyl (C=O) groups excluding carboxylic acids is 2. The van der Waals surface area contributed by atoms with Crippen molar-refractivity contribution < 1.29 is 22.0 Å². The second kappa shape index (κ2) is 13.7. The molecule has 0 saturated carbocycles. The molecule has 1 saturated heterocycles. The predicted molar refractivity (Wildman–Crippen MR) is 122 cm³/mol. The van der Waals surface area contributed by atoms with E-state index in [0.717, 1.165) is 37.2 Å². The molecule has 0 unspecified atom stereocenters. The third-order valence-corrected chi connectivity index (χ3v) is 5.78. The molecule has 1 aliphatic heterocycles. The van der Waals surface area contributed by atoms with E-state index in [1.165, 1.54) is 38.5 Å². The predicted octanol–water partition coefficient (Wildman–Crippen LogP) is 2.31. The highest BCUT2D eigenvalue weighted by Gasteiger charge is 2.30. The first-order chi connectivity index (χ1) is 13.9. The van der Waals surface area contributed by atoms with Gasteiger partial charge in [0.25, 0.3) is 0 Å². The first kappa shape index (κ1) is 26.4. The van der Waals surface area contributed by atoms with Gasteiger partial charge in [0.05, 0.1) is 14.1 Å². The molecule has 1 aliphatic rings. The average molecular weight is 438 g/mol. The van der Waals surface area contributed by atoms with Gasteiger partial charge in [-0.1, -0.05) is 64.0 Å². The van der Waals surface area contributed by atoms with Crippen LogP contribution in [-0.4, -0.2) is 44.0 Å². The normalized spacial score (nSPS) is 14.0. The van der Waals surface area contributed by atoms with E-state index in [9.17, 15) is 9.59 Å². The zero-order valence-corrected chi connectivity index (χ0v) is 19.8. The number of rotatable bonds is 13. The summed E-state index contributed by atoms with van der Waals surface area (Å²) in [5, 5.41) is 3.11. The number of anilines is 1. The lowest BCUT2D eigenvalue weighted by Crippen LogP contribution is -3.00. The van der Waals surface area contributed by atoms with Crippen LogP contribution < -0.4 is 22.2 Å². The van der Waals surface area contributed by atoms with Crippen LogP contribution in [0.15, 0.2) is 24.3 Å². The molecular formula is C24H40ClN3O2. The summed E-state index contributed by atoms with van der Waals surface area (Å²) < 4.78 is 0.542. The van der Waals surface area contributed by atoms with Gasteiger partial charge in [0.15, 0.2) is 12.4 Å². The molecule has 0 spiro atoms. The first-order valence-corrected chi connectivity index (χ1v) is 11.4. The van der Waals surface area contributed by atoms with Crippen LogP contribution in [0.25, 0.3) is 0 Å². The van der Waals surface area contributed by atoms with Crippen LogP contribution in [0.5, 0.6) is 0 Å². The number of benzene rings is 1. The summed E-state index contributed by atoms with van der Waals surface area (Å²) in [6.45, 7) is 3.69. The number of halogens is 1. The van der Waals surface area contributed by atoms with Gasteiger partial charge in [-0.25, -0.2) is 0 Å². The number of hydrogen-bond acceptors (Lipinski definition) is 2. The molecule has 0 aromatic heterocycles. The molecule has 2 rings (SSSR count). The van der Waals surface area contributed by atoms with Crippen molar-refractivity contribution in [3.63, 3.8) is 0 Å². The highest BCUT2D eigenvalue weighted by molar-refractivity contribution is 5.94. The molecule has 1 N–H and O–H groups in total. The molecule has 5 nitrogen and oxygen atoms in total. The number of carbonyl (C=O) groups is 2. The minimum atomic E-state index is 0. The SMILES string of the molecule is CCCCCCCCCCC(=O)Nc1ccccc1[N+](C)(C)CN1CCCC1=O.[Cl-]. The van der Waals surface area contributed by atoms with Crippen LogP contribution in [0.4, 0.5) is 11.4 Å². The van der Waals surface area contributed by atoms with E-state index in [2.05, 4.69) is 26.3 Å². The number of amides is 2. The summed E-state index contributed by atoms with van der Waals surface area (Å²) in [6.07, 6.45) is 12.0. The van der Waals surface area contributed by atoms with Gasteiger partial charge in [-0.05, 0) is 18.9 Å². The molecule has 0 radical (unpaired) electrons. The smallest absolute Gasteiger partial charge is 0.226 e. The van der Waals surface area contributed by atoms with Gasteiger partial charge >= 0.3 is 0 Å². The van der Waals surface area contributed by atoms with Gasteiger partial charge in [0, 0.05) is 25.5 Å². The lowest BCUT2D eigenvalue weighted by molar-refractivity contribution is -0.129. The Bertz CT molecular complexity index is 664. The van der Waals surface area contributed by atoms with E-state index in [-0.39, 0.29) is 24.2 Å². The average Bonchev–Trinajstić information content (AvgIpc) is 3.08. The van der Waals surface area contributed by atoms with E-state index in [1.54, 1.807) is 0 Å². The number of likely N-dealkylation sites (tertiary alicyclic amines) is 1. The molecule has 1 aromatic carbocycles. The summed E-state index contributed by atoms with van der Waals surface area (Å²) in [6, 6.07) is 7.96. The van der Waals surface area contributed by atoms with Gasteiger partial charge in [0.1, 0.15) is 5.69 Å². The monoisotopic (exact) mass is 437 g/mol. The lowest BCUT2D eigenvalue weighted by Gasteiger charge is -2.34. The van der Waals surface area contributed by atoms with E-state index in [0.29, 0.717) is 24.0 Å². The van der Waals surface area contributed by atoms with Crippen molar-refractivity contribution in [2.75, 3.05) is 32.6 Å². The molecule has 1 aromatic rings. The van der Waals surface area contributed by atoms with E-state index in [4.69, 9.17) is 0 Å². The Morgan fingerprint density at radius 3 is 2.30 bits per heavy atom. The van der Waals surface area contributed by atoms with Crippen molar-refractivity contribution in [3.05, 3.63) is 24.3 Å². The lowest BCUT2D eigenvalue weighted by atomic mass is 10.1. The van der Waals surface area contributed by atoms with Crippen LogP contribution in [0.1, 0.15) is 77.6 Å². The molecule has 170 valence electrons. The summed E-state index contributed by atoms with van der Waals surface area (Å²) in [4.78, 5) is 26.4. The number of nitrogens with one attached hydrogen (secondary N) is 1. The van der Waals surface area contributed by atoms with Crippen molar-refractivity contribution in [2.45, 2.75) is 77.6 Å². The molecule has 6 heteroatoms. The maximum atomic E-state index is 12.5. The fourth-order valence-electron chi connectivity index (χ4n) is 4.10. The highest BCUT2D eigenvalue weighted by Crippen LogP contribution is 2.30. The third-order valence-electron chi connectivity index (χ3n) is 5.78. The number of quaternary nitrogens is 1. The van der Waals surface area contributed by atoms with Crippen LogP contribution in [0, 0.1) is 0 Å². The van der Waals surface area contributed by atoms with Gasteiger partial charge in [-0.3, -0.25) is 19.0 Å². The standard InChI is InChI=1S/C24H39N3O2.ClH/c1-4-5-6-7-8-9-10-11-17-23(28)25-21-15-12-13-16-22(21)27(2,3)20-26-19-14-18-24(26)29;/h12-13,15-16H,4-11,14,17-20H2,1-3H3;1H. The zero-order valence-electron chi connectivity index (χ0n) is 19.1. The summed E-state index contributed by atoms with van der Waals surface area (Å²) in [5.74, 6) is 0.313. The number of para-hydroxylation sites is 2. The largest absolute Gasteiger partial charge is 1.00 e. The third kappa shape index (κ3) is 8.65. The van der Waals surface area contributed by atoms with E-state index < -0.39 is 0 Å². The van der Waals surface area contributed by atoms with E-state index >= 15 is 0 Å².